The van der Waals surface area contributed by atoms with Crippen LogP contribution in [0.15, 0.2) is 52.9 Å². The topological polar surface area (TPSA) is 63.4 Å². The van der Waals surface area contributed by atoms with Crippen molar-refractivity contribution in [1.29, 1.82) is 0 Å². The van der Waals surface area contributed by atoms with Crippen molar-refractivity contribution in [2.75, 3.05) is 36.5 Å². The maximum absolute atomic E-state index is 5.81. The molecule has 6 nitrogen and oxygen atoms in total. The largest absolute Gasteiger partial charge is 0.419 e. The van der Waals surface area contributed by atoms with Gasteiger partial charge in [-0.05, 0) is 31.2 Å². The van der Waals surface area contributed by atoms with E-state index in [1.165, 1.54) is 11.3 Å². The van der Waals surface area contributed by atoms with Gasteiger partial charge in [-0.25, -0.2) is 0 Å². The van der Waals surface area contributed by atoms with E-state index in [1.807, 2.05) is 37.3 Å². The highest BCUT2D eigenvalue weighted by molar-refractivity contribution is 5.70. The summed E-state index contributed by atoms with van der Waals surface area (Å²) >= 11 is 0. The maximum Gasteiger partial charge on any atom is 0.247 e. The van der Waals surface area contributed by atoms with Crippen LogP contribution in [0.1, 0.15) is 11.5 Å². The molecule has 1 N–H and O–H groups in total. The molecule has 0 saturated carbocycles. The minimum atomic E-state index is 0.486. The molecule has 0 spiro atoms. The van der Waals surface area contributed by atoms with Crippen molar-refractivity contribution in [3.05, 3.63) is 60.0 Å². The summed E-state index contributed by atoms with van der Waals surface area (Å²) in [5, 5.41) is 11.8. The number of benzene rings is 2. The summed E-state index contributed by atoms with van der Waals surface area (Å²) in [4.78, 5) is 2.33. The Labute approximate surface area is 152 Å². The number of nitrogens with zero attached hydrogens (tertiary/aromatic N) is 3. The first-order chi connectivity index (χ1) is 12.8. The quantitative estimate of drug-likeness (QED) is 0.760. The summed E-state index contributed by atoms with van der Waals surface area (Å²) in [5.41, 5.74) is 4.34. The molecule has 134 valence electrons. The van der Waals surface area contributed by atoms with E-state index in [0.29, 0.717) is 18.3 Å². The van der Waals surface area contributed by atoms with Crippen LogP contribution in [0.2, 0.25) is 0 Å². The number of aromatic nitrogens is 2. The molecule has 3 aromatic rings. The number of rotatable bonds is 5. The van der Waals surface area contributed by atoms with Crippen LogP contribution in [0.4, 0.5) is 11.4 Å². The number of anilines is 2. The third kappa shape index (κ3) is 3.70. The number of morpholine rings is 1. The van der Waals surface area contributed by atoms with Gasteiger partial charge in [-0.15, -0.1) is 10.2 Å². The van der Waals surface area contributed by atoms with Crippen LogP contribution in [0.5, 0.6) is 0 Å². The lowest BCUT2D eigenvalue weighted by atomic mass is 10.1. The van der Waals surface area contributed by atoms with Crippen LogP contribution in [0.3, 0.4) is 0 Å². The first-order valence-corrected chi connectivity index (χ1v) is 8.84. The fourth-order valence-electron chi connectivity index (χ4n) is 3.09. The number of aryl methyl sites for hydroxylation is 1. The normalized spacial score (nSPS) is 14.4. The molecule has 1 fully saturated rings. The van der Waals surface area contributed by atoms with Gasteiger partial charge in [0, 0.05) is 18.7 Å². The monoisotopic (exact) mass is 350 g/mol. The van der Waals surface area contributed by atoms with Gasteiger partial charge in [0.2, 0.25) is 11.8 Å². The van der Waals surface area contributed by atoms with Gasteiger partial charge in [-0.3, -0.25) is 0 Å². The molecule has 2 heterocycles. The Morgan fingerprint density at radius 2 is 1.88 bits per heavy atom. The van der Waals surface area contributed by atoms with Crippen LogP contribution in [0, 0.1) is 6.92 Å². The molecule has 0 atom stereocenters. The molecule has 0 bridgehead atoms. The predicted molar refractivity (Wildman–Crippen MR) is 101 cm³/mol. The van der Waals surface area contributed by atoms with Gasteiger partial charge in [0.15, 0.2) is 0 Å². The second-order valence-corrected chi connectivity index (χ2v) is 6.34. The SMILES string of the molecule is Cc1cccc(-c2nnc(CNc3ccccc3N3CCOCC3)o2)c1. The minimum Gasteiger partial charge on any atom is -0.419 e. The van der Waals surface area contributed by atoms with Gasteiger partial charge in [-0.1, -0.05) is 29.8 Å². The van der Waals surface area contributed by atoms with Crippen molar-refractivity contribution >= 4 is 11.4 Å². The molecule has 1 saturated heterocycles. The number of para-hydroxylation sites is 2. The molecule has 1 aliphatic rings. The molecular weight excluding hydrogens is 328 g/mol. The lowest BCUT2D eigenvalue weighted by Crippen LogP contribution is -2.36. The Hall–Kier alpha value is -2.86. The van der Waals surface area contributed by atoms with Crippen molar-refractivity contribution in [2.45, 2.75) is 13.5 Å². The Kier molecular flexibility index (Phi) is 4.84. The molecule has 0 unspecified atom stereocenters. The molecule has 1 aromatic heterocycles. The van der Waals surface area contributed by atoms with Crippen molar-refractivity contribution in [3.8, 4) is 11.5 Å². The number of hydrogen-bond acceptors (Lipinski definition) is 6. The maximum atomic E-state index is 5.81. The fraction of sp³-hybridized carbons (Fsp3) is 0.300. The van der Waals surface area contributed by atoms with E-state index in [-0.39, 0.29) is 0 Å². The van der Waals surface area contributed by atoms with Crippen LogP contribution in [-0.2, 0) is 11.3 Å². The highest BCUT2D eigenvalue weighted by Gasteiger charge is 2.15. The Balaban J connectivity index is 1.47. The number of ether oxygens (including phenoxy) is 1. The molecule has 1 aliphatic heterocycles. The molecule has 26 heavy (non-hydrogen) atoms. The third-order valence-corrected chi connectivity index (χ3v) is 4.42. The van der Waals surface area contributed by atoms with Gasteiger partial charge in [0.1, 0.15) is 0 Å². The molecule has 0 radical (unpaired) electrons. The highest BCUT2D eigenvalue weighted by atomic mass is 16.5. The molecule has 0 amide bonds. The Bertz CT molecular complexity index is 872. The summed E-state index contributed by atoms with van der Waals surface area (Å²) in [6.45, 7) is 5.86. The van der Waals surface area contributed by atoms with Crippen LogP contribution < -0.4 is 10.2 Å². The van der Waals surface area contributed by atoms with Crippen LogP contribution in [0.25, 0.3) is 11.5 Å². The smallest absolute Gasteiger partial charge is 0.247 e. The predicted octanol–water partition coefficient (Wildman–Crippen LogP) is 3.49. The zero-order chi connectivity index (χ0) is 17.8. The molecular formula is C20H22N4O2. The van der Waals surface area contributed by atoms with Crippen LogP contribution in [-0.4, -0.2) is 36.5 Å². The van der Waals surface area contributed by atoms with Gasteiger partial charge in [-0.2, -0.15) is 0 Å². The van der Waals surface area contributed by atoms with E-state index >= 15 is 0 Å². The second kappa shape index (κ2) is 7.58. The summed E-state index contributed by atoms with van der Waals surface area (Å²) < 4.78 is 11.3. The van der Waals surface area contributed by atoms with Gasteiger partial charge >= 0.3 is 0 Å². The minimum absolute atomic E-state index is 0.486. The molecule has 2 aromatic carbocycles. The Morgan fingerprint density at radius 1 is 1.04 bits per heavy atom. The van der Waals surface area contributed by atoms with Crippen molar-refractivity contribution < 1.29 is 9.15 Å². The molecule has 6 heteroatoms. The highest BCUT2D eigenvalue weighted by Crippen LogP contribution is 2.27. The standard InChI is InChI=1S/C20H22N4O2/c1-15-5-4-6-16(13-15)20-23-22-19(26-20)14-21-17-7-2-3-8-18(17)24-9-11-25-12-10-24/h2-8,13,21H,9-12,14H2,1H3. The lowest BCUT2D eigenvalue weighted by Gasteiger charge is -2.30. The average Bonchev–Trinajstić information content (AvgIpc) is 3.16. The van der Waals surface area contributed by atoms with E-state index in [2.05, 4.69) is 38.6 Å². The fourth-order valence-corrected chi connectivity index (χ4v) is 3.09. The van der Waals surface area contributed by atoms with Crippen molar-refractivity contribution in [2.24, 2.45) is 0 Å². The van der Waals surface area contributed by atoms with Crippen molar-refractivity contribution in [1.82, 2.24) is 10.2 Å². The summed E-state index contributed by atoms with van der Waals surface area (Å²) in [6.07, 6.45) is 0. The summed E-state index contributed by atoms with van der Waals surface area (Å²) in [5.74, 6) is 1.12. The van der Waals surface area contributed by atoms with E-state index in [0.717, 1.165) is 37.6 Å². The van der Waals surface area contributed by atoms with Gasteiger partial charge in [0.05, 0.1) is 31.1 Å². The van der Waals surface area contributed by atoms with Gasteiger partial charge in [0.25, 0.3) is 0 Å². The second-order valence-electron chi connectivity index (χ2n) is 6.34. The van der Waals surface area contributed by atoms with Gasteiger partial charge < -0.3 is 19.4 Å². The first-order valence-electron chi connectivity index (χ1n) is 8.84. The number of hydrogen-bond donors (Lipinski definition) is 1. The third-order valence-electron chi connectivity index (χ3n) is 4.42. The average molecular weight is 350 g/mol. The number of nitrogens with one attached hydrogen (secondary N) is 1. The Morgan fingerprint density at radius 3 is 2.73 bits per heavy atom. The van der Waals surface area contributed by atoms with E-state index in [4.69, 9.17) is 9.15 Å². The molecule has 4 rings (SSSR count). The van der Waals surface area contributed by atoms with E-state index in [9.17, 15) is 0 Å². The van der Waals surface area contributed by atoms with E-state index < -0.39 is 0 Å². The zero-order valence-electron chi connectivity index (χ0n) is 14.8. The van der Waals surface area contributed by atoms with Crippen molar-refractivity contribution in [3.63, 3.8) is 0 Å². The summed E-state index contributed by atoms with van der Waals surface area (Å²) in [7, 11) is 0. The molecule has 0 aliphatic carbocycles. The van der Waals surface area contributed by atoms with E-state index in [1.54, 1.807) is 0 Å². The lowest BCUT2D eigenvalue weighted by molar-refractivity contribution is 0.123. The first kappa shape index (κ1) is 16.6. The zero-order valence-corrected chi connectivity index (χ0v) is 14.8. The summed E-state index contributed by atoms with van der Waals surface area (Å²) in [6, 6.07) is 16.3. The van der Waals surface area contributed by atoms with Crippen LogP contribution >= 0.6 is 0 Å².